The first-order chi connectivity index (χ1) is 15.1. The van der Waals surface area contributed by atoms with Gasteiger partial charge in [0.25, 0.3) is 0 Å². The van der Waals surface area contributed by atoms with E-state index in [-0.39, 0.29) is 15.9 Å². The van der Waals surface area contributed by atoms with Gasteiger partial charge >= 0.3 is 6.18 Å². The number of nitrogens with one attached hydrogen (secondary N) is 1. The Bertz CT molecular complexity index is 1110. The van der Waals surface area contributed by atoms with E-state index in [0.717, 1.165) is 23.9 Å². The Balaban J connectivity index is 1.73. The van der Waals surface area contributed by atoms with Gasteiger partial charge in [0.1, 0.15) is 5.75 Å². The Hall–Kier alpha value is -2.92. The highest BCUT2D eigenvalue weighted by atomic mass is 35.5. The Morgan fingerprint density at radius 1 is 1.25 bits per heavy atom. The van der Waals surface area contributed by atoms with Crippen molar-refractivity contribution in [3.8, 4) is 17.1 Å². The number of benzene rings is 2. The molecule has 0 aliphatic rings. The number of rotatable bonds is 7. The quantitative estimate of drug-likeness (QED) is 0.367. The highest BCUT2D eigenvalue weighted by molar-refractivity contribution is 8.00. The molecule has 2 aromatic carbocycles. The second-order valence-corrected chi connectivity index (χ2v) is 8.31. The molecule has 3 aromatic rings. The highest BCUT2D eigenvalue weighted by Gasteiger charge is 2.34. The molecule has 0 aliphatic heterocycles. The Morgan fingerprint density at radius 3 is 2.56 bits per heavy atom. The van der Waals surface area contributed by atoms with Gasteiger partial charge in [-0.3, -0.25) is 4.79 Å². The molecule has 0 spiro atoms. The van der Waals surface area contributed by atoms with Gasteiger partial charge in [0, 0.05) is 10.6 Å². The number of nitrogens with zero attached hydrogens (tertiary/aromatic N) is 3. The van der Waals surface area contributed by atoms with Gasteiger partial charge in [0.2, 0.25) is 11.1 Å². The monoisotopic (exact) mass is 485 g/mol. The van der Waals surface area contributed by atoms with Crippen LogP contribution in [-0.4, -0.2) is 32.6 Å². The fourth-order valence-electron chi connectivity index (χ4n) is 2.73. The minimum Gasteiger partial charge on any atom is -0.494 e. The summed E-state index contributed by atoms with van der Waals surface area (Å²) in [5, 5.41) is 9.65. The lowest BCUT2D eigenvalue weighted by atomic mass is 10.1. The van der Waals surface area contributed by atoms with Crippen molar-refractivity contribution in [3.63, 3.8) is 0 Å². The average Bonchev–Trinajstić information content (AvgIpc) is 3.09. The molecule has 1 amide bonds. The third-order valence-corrected chi connectivity index (χ3v) is 5.58. The summed E-state index contributed by atoms with van der Waals surface area (Å²) < 4.78 is 46.4. The van der Waals surface area contributed by atoms with E-state index in [2.05, 4.69) is 15.5 Å². The third-order valence-electron chi connectivity index (χ3n) is 4.28. The van der Waals surface area contributed by atoms with Gasteiger partial charge < -0.3 is 15.9 Å². The molecular weight excluding hydrogens is 467 g/mol. The van der Waals surface area contributed by atoms with Crippen LogP contribution in [-0.2, 0) is 11.0 Å². The summed E-state index contributed by atoms with van der Waals surface area (Å²) in [5.74, 6) is 6.47. The van der Waals surface area contributed by atoms with Gasteiger partial charge in [0.15, 0.2) is 5.82 Å². The van der Waals surface area contributed by atoms with Crippen LogP contribution in [0.15, 0.2) is 47.6 Å². The zero-order chi connectivity index (χ0) is 23.5. The molecule has 0 fully saturated rings. The van der Waals surface area contributed by atoms with E-state index in [9.17, 15) is 18.0 Å². The van der Waals surface area contributed by atoms with Gasteiger partial charge in [-0.15, -0.1) is 10.2 Å². The summed E-state index contributed by atoms with van der Waals surface area (Å²) in [7, 11) is 0. The SMILES string of the molecule is CCOc1ccc(-c2nnc(SC(C)C(=O)Nc3ccc(Cl)cc3C(F)(F)F)n2N)cc1. The number of carbonyl (C=O) groups is 1. The van der Waals surface area contributed by atoms with E-state index in [1.807, 2.05) is 6.92 Å². The van der Waals surface area contributed by atoms with Gasteiger partial charge in [-0.05, 0) is 56.3 Å². The van der Waals surface area contributed by atoms with E-state index in [1.165, 1.54) is 17.7 Å². The van der Waals surface area contributed by atoms with Crippen LogP contribution in [0.1, 0.15) is 19.4 Å². The lowest BCUT2D eigenvalue weighted by molar-refractivity contribution is -0.137. The van der Waals surface area contributed by atoms with E-state index in [1.54, 1.807) is 24.3 Å². The van der Waals surface area contributed by atoms with Crippen LogP contribution in [0.25, 0.3) is 11.4 Å². The Morgan fingerprint density at radius 2 is 1.94 bits per heavy atom. The molecule has 1 atom stereocenters. The molecule has 7 nitrogen and oxygen atoms in total. The van der Waals surface area contributed by atoms with Crippen molar-refractivity contribution in [2.24, 2.45) is 0 Å². The summed E-state index contributed by atoms with van der Waals surface area (Å²) in [6.07, 6.45) is -4.67. The van der Waals surface area contributed by atoms with E-state index >= 15 is 0 Å². The standard InChI is InChI=1S/C20H19ClF3N5O2S/c1-3-31-14-7-4-12(5-8-14)17-27-28-19(29(17)25)32-11(2)18(30)26-16-9-6-13(21)10-15(16)20(22,23)24/h4-11H,3,25H2,1-2H3,(H,26,30). The number of alkyl halides is 3. The predicted octanol–water partition coefficient (Wildman–Crippen LogP) is 4.85. The molecule has 3 rings (SSSR count). The maximum Gasteiger partial charge on any atom is 0.418 e. The van der Waals surface area contributed by atoms with Gasteiger partial charge in [-0.25, -0.2) is 4.68 Å². The highest BCUT2D eigenvalue weighted by Crippen LogP contribution is 2.37. The molecule has 170 valence electrons. The first kappa shape index (κ1) is 23.7. The predicted molar refractivity (Wildman–Crippen MR) is 117 cm³/mol. The molecule has 0 aliphatic carbocycles. The van der Waals surface area contributed by atoms with Crippen LogP contribution in [0.5, 0.6) is 5.75 Å². The zero-order valence-electron chi connectivity index (χ0n) is 17.0. The van der Waals surface area contributed by atoms with Crippen molar-refractivity contribution in [2.75, 3.05) is 17.8 Å². The molecule has 1 heterocycles. The summed E-state index contributed by atoms with van der Waals surface area (Å²) >= 11 is 6.63. The number of aromatic nitrogens is 3. The van der Waals surface area contributed by atoms with Crippen molar-refractivity contribution in [1.29, 1.82) is 0 Å². The smallest absolute Gasteiger partial charge is 0.418 e. The van der Waals surface area contributed by atoms with Crippen molar-refractivity contribution < 1.29 is 22.7 Å². The summed E-state index contributed by atoms with van der Waals surface area (Å²) in [4.78, 5) is 12.5. The number of ether oxygens (including phenoxy) is 1. The Kier molecular flexibility index (Phi) is 7.19. The zero-order valence-corrected chi connectivity index (χ0v) is 18.6. The molecule has 3 N–H and O–H groups in total. The minimum absolute atomic E-state index is 0.0872. The van der Waals surface area contributed by atoms with Crippen LogP contribution >= 0.6 is 23.4 Å². The number of hydrogen-bond donors (Lipinski definition) is 2. The third kappa shape index (κ3) is 5.46. The van der Waals surface area contributed by atoms with E-state index in [4.69, 9.17) is 22.2 Å². The van der Waals surface area contributed by atoms with Crippen LogP contribution in [0.4, 0.5) is 18.9 Å². The number of hydrogen-bond acceptors (Lipinski definition) is 6. The number of carbonyl (C=O) groups excluding carboxylic acids is 1. The van der Waals surface area contributed by atoms with Gasteiger partial charge in [-0.2, -0.15) is 13.2 Å². The number of thioether (sulfide) groups is 1. The second-order valence-electron chi connectivity index (χ2n) is 6.57. The molecule has 0 radical (unpaired) electrons. The molecule has 32 heavy (non-hydrogen) atoms. The maximum absolute atomic E-state index is 13.3. The molecule has 12 heteroatoms. The van der Waals surface area contributed by atoms with Crippen LogP contribution in [0.2, 0.25) is 5.02 Å². The van der Waals surface area contributed by atoms with Gasteiger partial charge in [0.05, 0.1) is 23.1 Å². The normalized spacial score (nSPS) is 12.4. The van der Waals surface area contributed by atoms with Gasteiger partial charge in [-0.1, -0.05) is 23.4 Å². The first-order valence-electron chi connectivity index (χ1n) is 9.38. The van der Waals surface area contributed by atoms with Crippen molar-refractivity contribution in [1.82, 2.24) is 14.9 Å². The molecule has 1 aromatic heterocycles. The topological polar surface area (TPSA) is 95.1 Å². The number of amides is 1. The van der Waals surface area contributed by atoms with Crippen LogP contribution in [0, 0.1) is 0 Å². The molecule has 0 bridgehead atoms. The molecule has 0 saturated heterocycles. The van der Waals surface area contributed by atoms with Crippen molar-refractivity contribution >= 4 is 35.0 Å². The van der Waals surface area contributed by atoms with E-state index in [0.29, 0.717) is 23.7 Å². The lowest BCUT2D eigenvalue weighted by Gasteiger charge is -2.16. The van der Waals surface area contributed by atoms with Crippen LogP contribution < -0.4 is 15.9 Å². The summed E-state index contributed by atoms with van der Waals surface area (Å²) in [6.45, 7) is 3.93. The van der Waals surface area contributed by atoms with Crippen molar-refractivity contribution in [2.45, 2.75) is 30.4 Å². The maximum atomic E-state index is 13.3. The number of anilines is 1. The second kappa shape index (κ2) is 9.70. The molecule has 1 unspecified atom stereocenters. The number of nitrogen functional groups attached to an aromatic ring is 1. The summed E-state index contributed by atoms with van der Waals surface area (Å²) in [5.41, 5.74) is -0.734. The lowest BCUT2D eigenvalue weighted by Crippen LogP contribution is -2.25. The molecular formula is C20H19ClF3N5O2S. The molecule has 0 saturated carbocycles. The largest absolute Gasteiger partial charge is 0.494 e. The fraction of sp³-hybridized carbons (Fsp3) is 0.250. The average molecular weight is 486 g/mol. The first-order valence-corrected chi connectivity index (χ1v) is 10.6. The fourth-order valence-corrected chi connectivity index (χ4v) is 3.67. The minimum atomic E-state index is -4.67. The number of halogens is 4. The van der Waals surface area contributed by atoms with Crippen molar-refractivity contribution in [3.05, 3.63) is 53.1 Å². The van der Waals surface area contributed by atoms with E-state index < -0.39 is 22.9 Å². The van der Waals surface area contributed by atoms with Crippen LogP contribution in [0.3, 0.4) is 0 Å². The Labute approximate surface area is 191 Å². The number of nitrogens with two attached hydrogens (primary N) is 1. The summed E-state index contributed by atoms with van der Waals surface area (Å²) in [6, 6.07) is 10.2.